The first-order valence-corrected chi connectivity index (χ1v) is 8.55. The molecule has 1 saturated heterocycles. The Kier molecular flexibility index (Phi) is 4.73. The first kappa shape index (κ1) is 14.8. The number of piperidine rings is 1. The lowest BCUT2D eigenvalue weighted by Gasteiger charge is -2.41. The summed E-state index contributed by atoms with van der Waals surface area (Å²) in [5.41, 5.74) is 1.06. The van der Waals surface area contributed by atoms with Gasteiger partial charge in [-0.05, 0) is 45.1 Å². The number of fused-ring (bicyclic) bond motifs is 1. The third-order valence-electron chi connectivity index (χ3n) is 5.00. The van der Waals surface area contributed by atoms with Gasteiger partial charge >= 0.3 is 0 Å². The van der Waals surface area contributed by atoms with E-state index in [-0.39, 0.29) is 0 Å². The molecule has 1 aliphatic heterocycles. The molecule has 2 atom stereocenters. The molecule has 21 heavy (non-hydrogen) atoms. The Balaban J connectivity index is 1.63. The van der Waals surface area contributed by atoms with Crippen LogP contribution in [0.4, 0.5) is 5.82 Å². The van der Waals surface area contributed by atoms with Crippen molar-refractivity contribution in [2.75, 3.05) is 25.0 Å². The minimum atomic E-state index is 0.906. The monoisotopic (exact) mass is 288 g/mol. The lowest BCUT2D eigenvalue weighted by atomic mass is 9.75. The molecule has 4 heteroatoms. The van der Waals surface area contributed by atoms with E-state index in [1.807, 2.05) is 6.07 Å². The fourth-order valence-corrected chi connectivity index (χ4v) is 3.99. The SMILES string of the molecule is CCNc1cc(C)nc(CN2CCC3CCCCC3C2)n1. The molecular weight excluding hydrogens is 260 g/mol. The quantitative estimate of drug-likeness (QED) is 0.923. The zero-order valence-electron chi connectivity index (χ0n) is 13.4. The summed E-state index contributed by atoms with van der Waals surface area (Å²) in [6.07, 6.45) is 7.15. The van der Waals surface area contributed by atoms with Gasteiger partial charge in [0.15, 0.2) is 0 Å². The second-order valence-corrected chi connectivity index (χ2v) is 6.67. The number of anilines is 1. The van der Waals surface area contributed by atoms with Crippen molar-refractivity contribution >= 4 is 5.82 Å². The Hall–Kier alpha value is -1.16. The number of likely N-dealkylation sites (tertiary alicyclic amines) is 1. The second kappa shape index (κ2) is 6.73. The van der Waals surface area contributed by atoms with E-state index in [2.05, 4.69) is 34.0 Å². The van der Waals surface area contributed by atoms with Crippen molar-refractivity contribution in [2.45, 2.75) is 52.5 Å². The third-order valence-corrected chi connectivity index (χ3v) is 5.00. The van der Waals surface area contributed by atoms with Crippen molar-refractivity contribution in [1.29, 1.82) is 0 Å². The molecule has 1 aliphatic carbocycles. The maximum atomic E-state index is 4.66. The van der Waals surface area contributed by atoms with Gasteiger partial charge in [0, 0.05) is 24.8 Å². The summed E-state index contributed by atoms with van der Waals surface area (Å²) in [7, 11) is 0. The summed E-state index contributed by atoms with van der Waals surface area (Å²) in [6, 6.07) is 2.03. The van der Waals surface area contributed by atoms with Crippen LogP contribution in [0.25, 0.3) is 0 Å². The van der Waals surface area contributed by atoms with Crippen LogP contribution in [-0.4, -0.2) is 34.5 Å². The van der Waals surface area contributed by atoms with Gasteiger partial charge in [-0.15, -0.1) is 0 Å². The molecule has 1 aromatic heterocycles. The normalized spacial score (nSPS) is 26.4. The van der Waals surface area contributed by atoms with Gasteiger partial charge in [-0.1, -0.05) is 19.3 Å². The summed E-state index contributed by atoms with van der Waals surface area (Å²) in [4.78, 5) is 11.8. The van der Waals surface area contributed by atoms with E-state index in [1.54, 1.807) is 0 Å². The van der Waals surface area contributed by atoms with Crippen LogP contribution in [0.5, 0.6) is 0 Å². The Morgan fingerprint density at radius 2 is 2.00 bits per heavy atom. The predicted octanol–water partition coefficient (Wildman–Crippen LogP) is 3.23. The fourth-order valence-electron chi connectivity index (χ4n) is 3.99. The molecule has 2 unspecified atom stereocenters. The lowest BCUT2D eigenvalue weighted by molar-refractivity contribution is 0.0803. The smallest absolute Gasteiger partial charge is 0.144 e. The molecule has 1 N–H and O–H groups in total. The summed E-state index contributed by atoms with van der Waals surface area (Å²) in [5.74, 6) is 3.85. The molecular formula is C17H28N4. The number of aromatic nitrogens is 2. The van der Waals surface area contributed by atoms with Gasteiger partial charge in [0.25, 0.3) is 0 Å². The Morgan fingerprint density at radius 1 is 1.19 bits per heavy atom. The number of hydrogen-bond donors (Lipinski definition) is 1. The maximum absolute atomic E-state index is 4.66. The fraction of sp³-hybridized carbons (Fsp3) is 0.765. The molecule has 2 fully saturated rings. The lowest BCUT2D eigenvalue weighted by Crippen LogP contribution is -2.41. The number of hydrogen-bond acceptors (Lipinski definition) is 4. The zero-order valence-corrected chi connectivity index (χ0v) is 13.4. The molecule has 1 saturated carbocycles. The highest BCUT2D eigenvalue weighted by atomic mass is 15.2. The highest BCUT2D eigenvalue weighted by molar-refractivity contribution is 5.35. The molecule has 0 spiro atoms. The van der Waals surface area contributed by atoms with Crippen LogP contribution in [0.3, 0.4) is 0 Å². The summed E-state index contributed by atoms with van der Waals surface area (Å²) < 4.78 is 0. The van der Waals surface area contributed by atoms with Crippen LogP contribution in [0.15, 0.2) is 6.07 Å². The molecule has 0 amide bonds. The van der Waals surface area contributed by atoms with Gasteiger partial charge in [0.05, 0.1) is 6.54 Å². The van der Waals surface area contributed by atoms with Gasteiger partial charge in [0.2, 0.25) is 0 Å². The van der Waals surface area contributed by atoms with Crippen molar-refractivity contribution in [3.8, 4) is 0 Å². The highest BCUT2D eigenvalue weighted by Crippen LogP contribution is 2.36. The van der Waals surface area contributed by atoms with Crippen LogP contribution in [0.1, 0.15) is 50.5 Å². The predicted molar refractivity (Wildman–Crippen MR) is 86.3 cm³/mol. The number of nitrogens with zero attached hydrogens (tertiary/aromatic N) is 3. The molecule has 0 bridgehead atoms. The molecule has 116 valence electrons. The molecule has 2 aliphatic rings. The van der Waals surface area contributed by atoms with E-state index in [1.165, 1.54) is 45.2 Å². The van der Waals surface area contributed by atoms with Crippen LogP contribution < -0.4 is 5.32 Å². The summed E-state index contributed by atoms with van der Waals surface area (Å²) >= 11 is 0. The van der Waals surface area contributed by atoms with E-state index in [9.17, 15) is 0 Å². The summed E-state index contributed by atoms with van der Waals surface area (Å²) in [5, 5.41) is 3.30. The van der Waals surface area contributed by atoms with Gasteiger partial charge in [-0.3, -0.25) is 4.90 Å². The van der Waals surface area contributed by atoms with Gasteiger partial charge in [0.1, 0.15) is 11.6 Å². The van der Waals surface area contributed by atoms with Crippen molar-refractivity contribution in [3.63, 3.8) is 0 Å². The number of aryl methyl sites for hydroxylation is 1. The van der Waals surface area contributed by atoms with Crippen molar-refractivity contribution in [3.05, 3.63) is 17.6 Å². The minimum absolute atomic E-state index is 0.906. The highest BCUT2D eigenvalue weighted by Gasteiger charge is 2.31. The van der Waals surface area contributed by atoms with Crippen molar-refractivity contribution < 1.29 is 0 Å². The third kappa shape index (κ3) is 3.73. The van der Waals surface area contributed by atoms with E-state index in [4.69, 9.17) is 0 Å². The summed E-state index contributed by atoms with van der Waals surface area (Å²) in [6.45, 7) is 8.44. The Bertz CT molecular complexity index is 474. The topological polar surface area (TPSA) is 41.1 Å². The van der Waals surface area contributed by atoms with E-state index < -0.39 is 0 Å². The molecule has 1 aromatic rings. The van der Waals surface area contributed by atoms with Gasteiger partial charge < -0.3 is 5.32 Å². The molecule has 0 aromatic carbocycles. The zero-order chi connectivity index (χ0) is 14.7. The first-order chi connectivity index (χ1) is 10.2. The maximum Gasteiger partial charge on any atom is 0.144 e. The molecule has 2 heterocycles. The van der Waals surface area contributed by atoms with Crippen molar-refractivity contribution in [2.24, 2.45) is 11.8 Å². The van der Waals surface area contributed by atoms with Crippen LogP contribution in [-0.2, 0) is 6.54 Å². The van der Waals surface area contributed by atoms with E-state index >= 15 is 0 Å². The van der Waals surface area contributed by atoms with Crippen LogP contribution in [0, 0.1) is 18.8 Å². The standard InChI is InChI=1S/C17H28N4/c1-3-18-16-10-13(2)19-17(20-16)12-21-9-8-14-6-4-5-7-15(14)11-21/h10,14-15H,3-9,11-12H2,1-2H3,(H,18,19,20). The average Bonchev–Trinajstić information content (AvgIpc) is 2.47. The molecule has 3 rings (SSSR count). The Morgan fingerprint density at radius 3 is 2.81 bits per heavy atom. The van der Waals surface area contributed by atoms with Crippen molar-refractivity contribution in [1.82, 2.24) is 14.9 Å². The Labute approximate surface area is 128 Å². The number of nitrogens with one attached hydrogen (secondary N) is 1. The average molecular weight is 288 g/mol. The second-order valence-electron chi connectivity index (χ2n) is 6.67. The van der Waals surface area contributed by atoms with Gasteiger partial charge in [-0.25, -0.2) is 9.97 Å². The van der Waals surface area contributed by atoms with E-state index in [0.29, 0.717) is 0 Å². The van der Waals surface area contributed by atoms with Crippen LogP contribution in [0.2, 0.25) is 0 Å². The van der Waals surface area contributed by atoms with E-state index in [0.717, 1.165) is 42.3 Å². The minimum Gasteiger partial charge on any atom is -0.370 e. The van der Waals surface area contributed by atoms with Gasteiger partial charge in [-0.2, -0.15) is 0 Å². The largest absolute Gasteiger partial charge is 0.370 e. The molecule has 0 radical (unpaired) electrons. The first-order valence-electron chi connectivity index (χ1n) is 8.55. The van der Waals surface area contributed by atoms with Crippen LogP contribution >= 0.6 is 0 Å². The number of rotatable bonds is 4. The molecule has 4 nitrogen and oxygen atoms in total.